The van der Waals surface area contributed by atoms with Crippen LogP contribution >= 0.6 is 11.6 Å². The molecule has 0 aliphatic rings. The molecule has 3 aromatic rings. The number of hydrogen-bond donors (Lipinski definition) is 2. The van der Waals surface area contributed by atoms with Gasteiger partial charge in [0, 0.05) is 19.0 Å². The molecule has 2 N–H and O–H groups in total. The maximum Gasteiger partial charge on any atom is 0.226 e. The smallest absolute Gasteiger partial charge is 0.226 e. The summed E-state index contributed by atoms with van der Waals surface area (Å²) in [5, 5.41) is 4.12. The van der Waals surface area contributed by atoms with E-state index in [9.17, 15) is 8.42 Å². The quantitative estimate of drug-likeness (QED) is 0.715. The summed E-state index contributed by atoms with van der Waals surface area (Å²) in [7, 11) is -3.22. The Balaban J connectivity index is 1.87. The minimum Gasteiger partial charge on any atom is -0.365 e. The minimum atomic E-state index is -3.22. The Bertz CT molecular complexity index is 937. The normalized spacial score (nSPS) is 11.7. The van der Waals surface area contributed by atoms with E-state index in [0.29, 0.717) is 22.9 Å². The summed E-state index contributed by atoms with van der Waals surface area (Å²) in [6.45, 7) is 0.428. The second-order valence-corrected chi connectivity index (χ2v) is 7.21. The van der Waals surface area contributed by atoms with Crippen molar-refractivity contribution in [2.45, 2.75) is 11.4 Å². The van der Waals surface area contributed by atoms with Gasteiger partial charge in [-0.25, -0.2) is 13.4 Å². The molecule has 6 nitrogen and oxygen atoms in total. The van der Waals surface area contributed by atoms with Gasteiger partial charge in [-0.05, 0) is 35.4 Å². The van der Waals surface area contributed by atoms with Crippen LogP contribution in [-0.2, 0) is 16.4 Å². The van der Waals surface area contributed by atoms with Gasteiger partial charge >= 0.3 is 0 Å². The average Bonchev–Trinajstić information content (AvgIpc) is 2.92. The van der Waals surface area contributed by atoms with Crippen molar-refractivity contribution in [1.29, 1.82) is 0 Å². The molecule has 0 spiro atoms. The third-order valence-corrected chi connectivity index (χ3v) is 4.45. The topological polar surface area (TPSA) is 87.7 Å². The summed E-state index contributed by atoms with van der Waals surface area (Å²) >= 11 is 5.89. The van der Waals surface area contributed by atoms with Gasteiger partial charge in [0.2, 0.25) is 5.28 Å². The molecule has 3 rings (SSSR count). The number of sulfone groups is 1. The van der Waals surface area contributed by atoms with E-state index in [2.05, 4.69) is 20.3 Å². The van der Waals surface area contributed by atoms with E-state index < -0.39 is 9.84 Å². The maximum absolute atomic E-state index is 11.6. The van der Waals surface area contributed by atoms with E-state index in [1.165, 1.54) is 6.26 Å². The highest BCUT2D eigenvalue weighted by molar-refractivity contribution is 7.90. The first-order valence-corrected chi connectivity index (χ1v) is 8.74. The number of nitrogens with zero attached hydrogens (tertiary/aromatic N) is 2. The van der Waals surface area contributed by atoms with Crippen molar-refractivity contribution in [2.75, 3.05) is 11.6 Å². The molecule has 0 saturated carbocycles. The van der Waals surface area contributed by atoms with Crippen molar-refractivity contribution in [3.8, 4) is 0 Å². The summed E-state index contributed by atoms with van der Waals surface area (Å²) < 4.78 is 23.2. The molecule has 8 heteroatoms. The molecule has 2 aromatic heterocycles. The molecule has 114 valence electrons. The third-order valence-electron chi connectivity index (χ3n) is 3.17. The number of aromatic amines is 1. The van der Waals surface area contributed by atoms with Crippen molar-refractivity contribution >= 4 is 38.3 Å². The van der Waals surface area contributed by atoms with Crippen molar-refractivity contribution in [3.05, 3.63) is 47.4 Å². The first-order chi connectivity index (χ1) is 10.4. The van der Waals surface area contributed by atoms with Gasteiger partial charge in [-0.3, -0.25) is 0 Å². The minimum absolute atomic E-state index is 0.141. The number of fused-ring (bicyclic) bond motifs is 1. The number of nitrogens with one attached hydrogen (secondary N) is 2. The molecule has 0 amide bonds. The molecule has 22 heavy (non-hydrogen) atoms. The molecule has 0 unspecified atom stereocenters. The van der Waals surface area contributed by atoms with Crippen molar-refractivity contribution in [1.82, 2.24) is 15.0 Å². The predicted octanol–water partition coefficient (Wildman–Crippen LogP) is 2.63. The second kappa shape index (κ2) is 5.58. The maximum atomic E-state index is 11.6. The van der Waals surface area contributed by atoms with Gasteiger partial charge < -0.3 is 10.3 Å². The monoisotopic (exact) mass is 336 g/mol. The molecule has 1 aromatic carbocycles. The van der Waals surface area contributed by atoms with Gasteiger partial charge in [-0.15, -0.1) is 0 Å². The summed E-state index contributed by atoms with van der Waals surface area (Å²) in [6, 6.07) is 8.62. The van der Waals surface area contributed by atoms with Gasteiger partial charge in [-0.2, -0.15) is 4.98 Å². The Labute approximate surface area is 132 Å². The summed E-state index contributed by atoms with van der Waals surface area (Å²) in [6.07, 6.45) is 2.94. The fourth-order valence-corrected chi connectivity index (χ4v) is 2.98. The van der Waals surface area contributed by atoms with Crippen LogP contribution in [0.4, 0.5) is 5.82 Å². The standard InChI is InChI=1S/C14H13ClN4O2S/c1-22(20,21)10-4-2-3-9(7-10)8-17-13-11-5-6-16-12(11)18-14(15)19-13/h2-7H,8H2,1H3,(H2,16,17,18,19). The lowest BCUT2D eigenvalue weighted by Crippen LogP contribution is -2.04. The van der Waals surface area contributed by atoms with E-state index in [4.69, 9.17) is 11.6 Å². The Morgan fingerprint density at radius 3 is 2.86 bits per heavy atom. The fraction of sp³-hybridized carbons (Fsp3) is 0.143. The number of hydrogen-bond acceptors (Lipinski definition) is 5. The number of rotatable bonds is 4. The first kappa shape index (κ1) is 14.8. The van der Waals surface area contributed by atoms with E-state index in [1.54, 1.807) is 24.4 Å². The highest BCUT2D eigenvalue weighted by Crippen LogP contribution is 2.22. The van der Waals surface area contributed by atoms with Gasteiger partial charge in [-0.1, -0.05) is 12.1 Å². The molecule has 0 aliphatic carbocycles. The van der Waals surface area contributed by atoms with Gasteiger partial charge in [0.05, 0.1) is 10.3 Å². The number of aromatic nitrogens is 3. The van der Waals surface area contributed by atoms with E-state index in [-0.39, 0.29) is 5.28 Å². The zero-order valence-electron chi connectivity index (χ0n) is 11.7. The summed E-state index contributed by atoms with van der Waals surface area (Å²) in [4.78, 5) is 11.5. The highest BCUT2D eigenvalue weighted by Gasteiger charge is 2.09. The summed E-state index contributed by atoms with van der Waals surface area (Å²) in [5.74, 6) is 0.598. The van der Waals surface area contributed by atoms with E-state index >= 15 is 0 Å². The largest absolute Gasteiger partial charge is 0.365 e. The van der Waals surface area contributed by atoms with E-state index in [0.717, 1.165) is 10.9 Å². The van der Waals surface area contributed by atoms with Crippen LogP contribution < -0.4 is 5.32 Å². The lowest BCUT2D eigenvalue weighted by Gasteiger charge is -2.08. The fourth-order valence-electron chi connectivity index (χ4n) is 2.12. The Morgan fingerprint density at radius 2 is 2.09 bits per heavy atom. The van der Waals surface area contributed by atoms with Crippen LogP contribution in [0.5, 0.6) is 0 Å². The molecule has 0 fully saturated rings. The molecule has 0 bridgehead atoms. The number of H-pyrrole nitrogens is 1. The predicted molar refractivity (Wildman–Crippen MR) is 85.8 cm³/mol. The molecule has 0 atom stereocenters. The Morgan fingerprint density at radius 1 is 1.27 bits per heavy atom. The molecular weight excluding hydrogens is 324 g/mol. The zero-order valence-corrected chi connectivity index (χ0v) is 13.2. The van der Waals surface area contributed by atoms with Crippen LogP contribution in [-0.4, -0.2) is 29.6 Å². The van der Waals surface area contributed by atoms with Crippen LogP contribution in [0, 0.1) is 0 Å². The van der Waals surface area contributed by atoms with E-state index in [1.807, 2.05) is 12.1 Å². The third kappa shape index (κ3) is 3.05. The van der Waals surface area contributed by atoms with Crippen molar-refractivity contribution in [2.24, 2.45) is 0 Å². The zero-order chi connectivity index (χ0) is 15.7. The SMILES string of the molecule is CS(=O)(=O)c1cccc(CNc2nc(Cl)nc3[nH]ccc23)c1. The van der Waals surface area contributed by atoms with Gasteiger partial charge in [0.25, 0.3) is 0 Å². The first-order valence-electron chi connectivity index (χ1n) is 6.47. The summed E-state index contributed by atoms with van der Waals surface area (Å²) in [5.41, 5.74) is 1.48. The van der Waals surface area contributed by atoms with Gasteiger partial charge in [0.15, 0.2) is 9.84 Å². The van der Waals surface area contributed by atoms with Gasteiger partial charge in [0.1, 0.15) is 11.5 Å². The van der Waals surface area contributed by atoms with Crippen molar-refractivity contribution in [3.63, 3.8) is 0 Å². The average molecular weight is 337 g/mol. The number of halogens is 1. The Hall–Kier alpha value is -2.12. The number of benzene rings is 1. The molecule has 0 aliphatic heterocycles. The lowest BCUT2D eigenvalue weighted by atomic mass is 10.2. The molecular formula is C14H13ClN4O2S. The van der Waals surface area contributed by atoms with Crippen LogP contribution in [0.1, 0.15) is 5.56 Å². The molecule has 0 radical (unpaired) electrons. The highest BCUT2D eigenvalue weighted by atomic mass is 35.5. The van der Waals surface area contributed by atoms with Crippen molar-refractivity contribution < 1.29 is 8.42 Å². The van der Waals surface area contributed by atoms with Crippen LogP contribution in [0.2, 0.25) is 5.28 Å². The second-order valence-electron chi connectivity index (χ2n) is 4.85. The van der Waals surface area contributed by atoms with Crippen LogP contribution in [0.15, 0.2) is 41.4 Å². The molecule has 0 saturated heterocycles. The molecule has 2 heterocycles. The van der Waals surface area contributed by atoms with Crippen LogP contribution in [0.25, 0.3) is 11.0 Å². The number of anilines is 1. The van der Waals surface area contributed by atoms with Crippen LogP contribution in [0.3, 0.4) is 0 Å². The Kier molecular flexibility index (Phi) is 3.76. The lowest BCUT2D eigenvalue weighted by molar-refractivity contribution is 0.601.